The molecule has 1 saturated heterocycles. The van der Waals surface area contributed by atoms with Crippen LogP contribution >= 0.6 is 23.4 Å². The van der Waals surface area contributed by atoms with Crippen LogP contribution < -0.4 is 5.32 Å². The Morgan fingerprint density at radius 1 is 1.24 bits per heavy atom. The van der Waals surface area contributed by atoms with Crippen LogP contribution in [-0.2, 0) is 16.1 Å². The molecular formula is C20H25ClN4O3S. The van der Waals surface area contributed by atoms with Gasteiger partial charge in [0.05, 0.1) is 11.0 Å². The molecule has 1 unspecified atom stereocenters. The lowest BCUT2D eigenvalue weighted by Crippen LogP contribution is -2.49. The van der Waals surface area contributed by atoms with Gasteiger partial charge < -0.3 is 14.7 Å². The van der Waals surface area contributed by atoms with Crippen LogP contribution in [0.1, 0.15) is 18.2 Å². The Labute approximate surface area is 179 Å². The van der Waals surface area contributed by atoms with Crippen LogP contribution in [0.3, 0.4) is 0 Å². The Morgan fingerprint density at radius 3 is 2.55 bits per heavy atom. The molecule has 156 valence electrons. The average Bonchev–Trinajstić information content (AvgIpc) is 3.12. The van der Waals surface area contributed by atoms with Gasteiger partial charge in [-0.05, 0) is 31.5 Å². The summed E-state index contributed by atoms with van der Waals surface area (Å²) < 4.78 is 4.93. The van der Waals surface area contributed by atoms with E-state index in [9.17, 15) is 9.59 Å². The Bertz CT molecular complexity index is 835. The molecule has 1 aromatic heterocycles. The first-order valence-corrected chi connectivity index (χ1v) is 10.9. The molecule has 7 nitrogen and oxygen atoms in total. The van der Waals surface area contributed by atoms with Gasteiger partial charge in [0.15, 0.2) is 5.82 Å². The third kappa shape index (κ3) is 6.48. The fraction of sp³-hybridized carbons (Fsp3) is 0.450. The second-order valence-electron chi connectivity index (χ2n) is 7.05. The highest BCUT2D eigenvalue weighted by Crippen LogP contribution is 2.17. The van der Waals surface area contributed by atoms with Crippen molar-refractivity contribution in [3.05, 3.63) is 46.7 Å². The number of carbonyl (C=O) groups is 2. The van der Waals surface area contributed by atoms with Crippen LogP contribution in [-0.4, -0.2) is 64.0 Å². The minimum atomic E-state index is -0.359. The standard InChI is InChI=1S/C20H25ClN4O3S/c1-14-11-18(23-28-14)22-20(27)15(2)29-13-19(26)25-9-7-24(8-10-25)12-16-3-5-17(21)6-4-16/h3-6,11,15H,7-10,12-13H2,1-2H3,(H,22,23,27). The first-order chi connectivity index (χ1) is 13.9. The van der Waals surface area contributed by atoms with Crippen molar-refractivity contribution in [1.82, 2.24) is 15.0 Å². The normalized spacial score (nSPS) is 15.9. The Kier molecular flexibility index (Phi) is 7.57. The molecule has 2 aromatic rings. The largest absolute Gasteiger partial charge is 0.360 e. The zero-order chi connectivity index (χ0) is 20.8. The van der Waals surface area contributed by atoms with Crippen LogP contribution in [0.4, 0.5) is 5.82 Å². The molecule has 0 saturated carbocycles. The molecule has 0 bridgehead atoms. The number of anilines is 1. The summed E-state index contributed by atoms with van der Waals surface area (Å²) >= 11 is 7.26. The summed E-state index contributed by atoms with van der Waals surface area (Å²) in [7, 11) is 0. The van der Waals surface area contributed by atoms with E-state index >= 15 is 0 Å². The molecule has 2 heterocycles. The monoisotopic (exact) mass is 436 g/mol. The van der Waals surface area contributed by atoms with Gasteiger partial charge in [-0.1, -0.05) is 28.9 Å². The number of amides is 2. The topological polar surface area (TPSA) is 78.7 Å². The highest BCUT2D eigenvalue weighted by molar-refractivity contribution is 8.01. The van der Waals surface area contributed by atoms with E-state index in [0.717, 1.165) is 24.7 Å². The molecule has 0 radical (unpaired) electrons. The van der Waals surface area contributed by atoms with Crippen LogP contribution in [0, 0.1) is 6.92 Å². The van der Waals surface area contributed by atoms with Crippen molar-refractivity contribution in [2.45, 2.75) is 25.6 Å². The van der Waals surface area contributed by atoms with E-state index in [2.05, 4.69) is 15.4 Å². The van der Waals surface area contributed by atoms with E-state index in [1.165, 1.54) is 17.3 Å². The molecule has 2 amide bonds. The molecule has 9 heteroatoms. The highest BCUT2D eigenvalue weighted by Gasteiger charge is 2.23. The van der Waals surface area contributed by atoms with Gasteiger partial charge in [0.1, 0.15) is 5.76 Å². The van der Waals surface area contributed by atoms with Crippen molar-refractivity contribution in [2.75, 3.05) is 37.2 Å². The predicted molar refractivity (Wildman–Crippen MR) is 115 cm³/mol. The Hall–Kier alpha value is -2.03. The zero-order valence-corrected chi connectivity index (χ0v) is 18.1. The van der Waals surface area contributed by atoms with Crippen LogP contribution in [0.15, 0.2) is 34.9 Å². The summed E-state index contributed by atoms with van der Waals surface area (Å²) in [4.78, 5) is 28.9. The summed E-state index contributed by atoms with van der Waals surface area (Å²) in [6.07, 6.45) is 0. The minimum Gasteiger partial charge on any atom is -0.360 e. The maximum absolute atomic E-state index is 12.5. The number of thioether (sulfide) groups is 1. The molecule has 1 fully saturated rings. The smallest absolute Gasteiger partial charge is 0.238 e. The summed E-state index contributed by atoms with van der Waals surface area (Å²) in [5, 5.41) is 6.82. The van der Waals surface area contributed by atoms with Gasteiger partial charge >= 0.3 is 0 Å². The summed E-state index contributed by atoms with van der Waals surface area (Å²) in [6, 6.07) is 9.51. The third-order valence-electron chi connectivity index (χ3n) is 4.75. The van der Waals surface area contributed by atoms with E-state index in [4.69, 9.17) is 16.1 Å². The van der Waals surface area contributed by atoms with Gasteiger partial charge in [-0.2, -0.15) is 0 Å². The molecule has 29 heavy (non-hydrogen) atoms. The number of carbonyl (C=O) groups excluding carboxylic acids is 2. The van der Waals surface area contributed by atoms with Crippen molar-refractivity contribution in [3.63, 3.8) is 0 Å². The second kappa shape index (κ2) is 10.1. The molecule has 0 aliphatic carbocycles. The molecule has 1 atom stereocenters. The first kappa shape index (κ1) is 21.7. The average molecular weight is 437 g/mol. The number of benzene rings is 1. The molecular weight excluding hydrogens is 412 g/mol. The molecule has 3 rings (SSSR count). The van der Waals surface area contributed by atoms with Crippen molar-refractivity contribution >= 4 is 41.0 Å². The number of nitrogens with zero attached hydrogens (tertiary/aromatic N) is 3. The van der Waals surface area contributed by atoms with Gasteiger partial charge in [-0.3, -0.25) is 14.5 Å². The predicted octanol–water partition coefficient (Wildman–Crippen LogP) is 3.04. The van der Waals surface area contributed by atoms with Gasteiger partial charge in [0, 0.05) is 43.8 Å². The highest BCUT2D eigenvalue weighted by atomic mass is 35.5. The zero-order valence-electron chi connectivity index (χ0n) is 16.6. The number of rotatable bonds is 7. The van der Waals surface area contributed by atoms with E-state index in [1.807, 2.05) is 29.2 Å². The lowest BCUT2D eigenvalue weighted by Gasteiger charge is -2.34. The van der Waals surface area contributed by atoms with E-state index in [-0.39, 0.29) is 22.8 Å². The van der Waals surface area contributed by atoms with E-state index in [1.54, 1.807) is 19.9 Å². The van der Waals surface area contributed by atoms with E-state index < -0.39 is 0 Å². The summed E-state index contributed by atoms with van der Waals surface area (Å²) in [5.74, 6) is 1.18. The lowest BCUT2D eigenvalue weighted by molar-refractivity contribution is -0.130. The second-order valence-corrected chi connectivity index (χ2v) is 8.81. The number of hydrogen-bond acceptors (Lipinski definition) is 6. The van der Waals surface area contributed by atoms with Crippen molar-refractivity contribution in [3.8, 4) is 0 Å². The van der Waals surface area contributed by atoms with Gasteiger partial charge in [0.2, 0.25) is 11.8 Å². The maximum Gasteiger partial charge on any atom is 0.238 e. The lowest BCUT2D eigenvalue weighted by atomic mass is 10.2. The number of aromatic nitrogens is 1. The minimum absolute atomic E-state index is 0.0677. The van der Waals surface area contributed by atoms with Gasteiger partial charge in [-0.25, -0.2) is 0 Å². The van der Waals surface area contributed by atoms with Crippen molar-refractivity contribution < 1.29 is 14.1 Å². The maximum atomic E-state index is 12.5. The van der Waals surface area contributed by atoms with Crippen LogP contribution in [0.25, 0.3) is 0 Å². The van der Waals surface area contributed by atoms with E-state index in [0.29, 0.717) is 24.7 Å². The van der Waals surface area contributed by atoms with Crippen molar-refractivity contribution in [1.29, 1.82) is 0 Å². The molecule has 1 aliphatic heterocycles. The molecule has 0 spiro atoms. The number of halogens is 1. The van der Waals surface area contributed by atoms with Crippen LogP contribution in [0.5, 0.6) is 0 Å². The quantitative estimate of drug-likeness (QED) is 0.718. The number of aryl methyl sites for hydroxylation is 1. The molecule has 1 aliphatic rings. The Morgan fingerprint density at radius 2 is 1.93 bits per heavy atom. The van der Waals surface area contributed by atoms with Crippen LogP contribution in [0.2, 0.25) is 5.02 Å². The van der Waals surface area contributed by atoms with Gasteiger partial charge in [-0.15, -0.1) is 11.8 Å². The number of nitrogens with one attached hydrogen (secondary N) is 1. The van der Waals surface area contributed by atoms with Gasteiger partial charge in [0.25, 0.3) is 0 Å². The SMILES string of the molecule is Cc1cc(NC(=O)C(C)SCC(=O)N2CCN(Cc3ccc(Cl)cc3)CC2)no1. The molecule has 1 aromatic carbocycles. The summed E-state index contributed by atoms with van der Waals surface area (Å²) in [6.45, 7) is 7.46. The molecule has 1 N–H and O–H groups in total. The summed E-state index contributed by atoms with van der Waals surface area (Å²) in [5.41, 5.74) is 1.21. The fourth-order valence-electron chi connectivity index (χ4n) is 3.02. The third-order valence-corrected chi connectivity index (χ3v) is 6.13. The van der Waals surface area contributed by atoms with Crippen molar-refractivity contribution in [2.24, 2.45) is 0 Å². The number of piperazine rings is 1. The Balaban J connectivity index is 1.37. The first-order valence-electron chi connectivity index (χ1n) is 9.51. The fourth-order valence-corrected chi connectivity index (χ4v) is 3.93. The number of hydrogen-bond donors (Lipinski definition) is 1.